The number of anilines is 1. The highest BCUT2D eigenvalue weighted by molar-refractivity contribution is 5.79. The molecule has 0 radical (unpaired) electrons. The smallest absolute Gasteiger partial charge is 0.407 e. The molecule has 8 nitrogen and oxygen atoms in total. The molecule has 1 fully saturated rings. The highest BCUT2D eigenvalue weighted by Gasteiger charge is 2.28. The van der Waals surface area contributed by atoms with Gasteiger partial charge in [0.1, 0.15) is 12.0 Å². The summed E-state index contributed by atoms with van der Waals surface area (Å²) < 4.78 is 4.53. The third-order valence-electron chi connectivity index (χ3n) is 3.37. The number of rotatable bonds is 4. The molecule has 1 heterocycles. The molecular formula is C13H15N3O5. The van der Waals surface area contributed by atoms with E-state index >= 15 is 0 Å². The lowest BCUT2D eigenvalue weighted by atomic mass is 10.2. The van der Waals surface area contributed by atoms with Gasteiger partial charge in [-0.1, -0.05) is 0 Å². The molecule has 1 aliphatic heterocycles. The number of methoxy groups -OCH3 is 1. The van der Waals surface area contributed by atoms with E-state index in [4.69, 9.17) is 0 Å². The molecule has 8 heteroatoms. The fourth-order valence-corrected chi connectivity index (χ4v) is 2.35. The van der Waals surface area contributed by atoms with E-state index in [9.17, 15) is 19.7 Å². The van der Waals surface area contributed by atoms with E-state index in [0.717, 1.165) is 0 Å². The van der Waals surface area contributed by atoms with E-state index in [2.05, 4.69) is 10.1 Å². The normalized spacial score (nSPS) is 17.4. The molecule has 1 amide bonds. The number of ether oxygens (including phenoxy) is 1. The molecular weight excluding hydrogens is 278 g/mol. The van der Waals surface area contributed by atoms with Crippen LogP contribution < -0.4 is 10.2 Å². The number of hydrogen-bond acceptors (Lipinski definition) is 6. The lowest BCUT2D eigenvalue weighted by molar-refractivity contribution is -0.384. The number of nitrogens with zero attached hydrogens (tertiary/aromatic N) is 2. The second-order valence-corrected chi connectivity index (χ2v) is 4.69. The molecule has 1 saturated heterocycles. The first-order valence-corrected chi connectivity index (χ1v) is 6.38. The summed E-state index contributed by atoms with van der Waals surface area (Å²) in [5, 5.41) is 13.8. The van der Waals surface area contributed by atoms with Crippen molar-refractivity contribution in [3.63, 3.8) is 0 Å². The van der Waals surface area contributed by atoms with Gasteiger partial charge in [0.15, 0.2) is 0 Å². The number of hydrogen-bond donors (Lipinski definition) is 1. The second-order valence-electron chi connectivity index (χ2n) is 4.69. The Morgan fingerprint density at radius 3 is 2.95 bits per heavy atom. The number of nitro benzene ring substituents is 1. The van der Waals surface area contributed by atoms with Crippen LogP contribution in [0.3, 0.4) is 0 Å². The van der Waals surface area contributed by atoms with Crippen molar-refractivity contribution >= 4 is 23.8 Å². The minimum Gasteiger partial charge on any atom is -0.453 e. The monoisotopic (exact) mass is 293 g/mol. The maximum absolute atomic E-state index is 11.2. The van der Waals surface area contributed by atoms with E-state index in [-0.39, 0.29) is 17.3 Å². The molecule has 1 unspecified atom stereocenters. The Kier molecular flexibility index (Phi) is 4.36. The van der Waals surface area contributed by atoms with Crippen molar-refractivity contribution < 1.29 is 19.2 Å². The van der Waals surface area contributed by atoms with Gasteiger partial charge in [0, 0.05) is 24.7 Å². The number of aldehydes is 1. The summed E-state index contributed by atoms with van der Waals surface area (Å²) in [6, 6.07) is 4.23. The molecule has 1 atom stereocenters. The van der Waals surface area contributed by atoms with Gasteiger partial charge < -0.3 is 15.0 Å². The van der Waals surface area contributed by atoms with Crippen LogP contribution in [0.25, 0.3) is 0 Å². The number of amides is 1. The van der Waals surface area contributed by atoms with Crippen molar-refractivity contribution in [1.82, 2.24) is 5.32 Å². The SMILES string of the molecule is COC(=O)NC1CCN(c2ccc(C=O)cc2[N+](=O)[O-])C1. The highest BCUT2D eigenvalue weighted by Crippen LogP contribution is 2.31. The van der Waals surface area contributed by atoms with Gasteiger partial charge in [0.2, 0.25) is 0 Å². The van der Waals surface area contributed by atoms with Crippen LogP contribution in [-0.2, 0) is 4.74 Å². The molecule has 1 aromatic carbocycles. The van der Waals surface area contributed by atoms with Gasteiger partial charge in [0.05, 0.1) is 18.1 Å². The molecule has 0 aromatic heterocycles. The minimum absolute atomic E-state index is 0.113. The largest absolute Gasteiger partial charge is 0.453 e. The van der Waals surface area contributed by atoms with E-state index in [1.54, 1.807) is 6.07 Å². The van der Waals surface area contributed by atoms with Crippen molar-refractivity contribution in [3.05, 3.63) is 33.9 Å². The molecule has 1 N–H and O–H groups in total. The van der Waals surface area contributed by atoms with Crippen molar-refractivity contribution in [2.75, 3.05) is 25.1 Å². The molecule has 0 bridgehead atoms. The van der Waals surface area contributed by atoms with Crippen LogP contribution in [0.4, 0.5) is 16.2 Å². The average molecular weight is 293 g/mol. The zero-order chi connectivity index (χ0) is 15.4. The second kappa shape index (κ2) is 6.21. The molecule has 112 valence electrons. The summed E-state index contributed by atoms with van der Waals surface area (Å²) in [6.45, 7) is 1.03. The summed E-state index contributed by atoms with van der Waals surface area (Å²) in [7, 11) is 1.28. The van der Waals surface area contributed by atoms with Crippen LogP contribution in [0.2, 0.25) is 0 Å². The van der Waals surface area contributed by atoms with Crippen LogP contribution in [0.5, 0.6) is 0 Å². The summed E-state index contributed by atoms with van der Waals surface area (Å²) in [5.41, 5.74) is 0.590. The van der Waals surface area contributed by atoms with E-state index in [1.807, 2.05) is 4.90 Å². The minimum atomic E-state index is -0.521. The highest BCUT2D eigenvalue weighted by atomic mass is 16.6. The third kappa shape index (κ3) is 3.28. The lowest BCUT2D eigenvalue weighted by Crippen LogP contribution is -2.37. The Hall–Kier alpha value is -2.64. The van der Waals surface area contributed by atoms with Crippen LogP contribution in [-0.4, -0.2) is 43.5 Å². The zero-order valence-corrected chi connectivity index (χ0v) is 11.4. The van der Waals surface area contributed by atoms with Crippen LogP contribution in [0, 0.1) is 10.1 Å². The van der Waals surface area contributed by atoms with Gasteiger partial charge in [-0.25, -0.2) is 4.79 Å². The Morgan fingerprint density at radius 1 is 1.57 bits per heavy atom. The third-order valence-corrected chi connectivity index (χ3v) is 3.37. The van der Waals surface area contributed by atoms with Gasteiger partial charge in [-0.05, 0) is 18.6 Å². The standard InChI is InChI=1S/C13H15N3O5/c1-21-13(18)14-10-4-5-15(7-10)11-3-2-9(8-17)6-12(11)16(19)20/h2-3,6,8,10H,4-5,7H2,1H3,(H,14,18). The molecule has 0 aliphatic carbocycles. The van der Waals surface area contributed by atoms with Crippen LogP contribution in [0.1, 0.15) is 16.8 Å². The Balaban J connectivity index is 2.17. The van der Waals surface area contributed by atoms with Crippen molar-refractivity contribution in [2.45, 2.75) is 12.5 Å². The number of carbonyl (C=O) groups is 2. The molecule has 1 aromatic rings. The number of carbonyl (C=O) groups excluding carboxylic acids is 2. The molecule has 21 heavy (non-hydrogen) atoms. The molecule has 0 saturated carbocycles. The topological polar surface area (TPSA) is 102 Å². The molecule has 1 aliphatic rings. The van der Waals surface area contributed by atoms with Crippen LogP contribution in [0.15, 0.2) is 18.2 Å². The average Bonchev–Trinajstić information content (AvgIpc) is 2.94. The van der Waals surface area contributed by atoms with Crippen molar-refractivity contribution in [1.29, 1.82) is 0 Å². The predicted octanol–water partition coefficient (Wildman–Crippen LogP) is 1.34. The maximum atomic E-state index is 11.2. The van der Waals surface area contributed by atoms with Crippen LogP contribution >= 0.6 is 0 Å². The van der Waals surface area contributed by atoms with E-state index in [1.165, 1.54) is 19.2 Å². The predicted molar refractivity (Wildman–Crippen MR) is 74.6 cm³/mol. The summed E-state index contributed by atoms with van der Waals surface area (Å²) in [6.07, 6.45) is 0.719. The zero-order valence-electron chi connectivity index (χ0n) is 11.4. The summed E-state index contributed by atoms with van der Waals surface area (Å²) >= 11 is 0. The number of benzene rings is 1. The number of alkyl carbamates (subject to hydrolysis) is 1. The Bertz CT molecular complexity index is 575. The maximum Gasteiger partial charge on any atom is 0.407 e. The molecule has 0 spiro atoms. The first-order chi connectivity index (χ1) is 10.0. The number of nitro groups is 1. The summed E-state index contributed by atoms with van der Waals surface area (Å²) in [5.74, 6) is 0. The molecule has 2 rings (SSSR count). The number of nitrogens with one attached hydrogen (secondary N) is 1. The van der Waals surface area contributed by atoms with Crippen molar-refractivity contribution in [2.24, 2.45) is 0 Å². The van der Waals surface area contributed by atoms with E-state index < -0.39 is 11.0 Å². The fraction of sp³-hybridized carbons (Fsp3) is 0.385. The van der Waals surface area contributed by atoms with Gasteiger partial charge in [0.25, 0.3) is 5.69 Å². The Morgan fingerprint density at radius 2 is 2.33 bits per heavy atom. The van der Waals surface area contributed by atoms with Gasteiger partial charge in [-0.2, -0.15) is 0 Å². The van der Waals surface area contributed by atoms with Gasteiger partial charge in [-0.3, -0.25) is 14.9 Å². The van der Waals surface area contributed by atoms with Gasteiger partial charge in [-0.15, -0.1) is 0 Å². The van der Waals surface area contributed by atoms with E-state index in [0.29, 0.717) is 31.5 Å². The first-order valence-electron chi connectivity index (χ1n) is 6.38. The lowest BCUT2D eigenvalue weighted by Gasteiger charge is -2.18. The summed E-state index contributed by atoms with van der Waals surface area (Å²) in [4.78, 5) is 34.3. The first kappa shape index (κ1) is 14.8. The quantitative estimate of drug-likeness (QED) is 0.510. The van der Waals surface area contributed by atoms with Gasteiger partial charge >= 0.3 is 6.09 Å². The fourth-order valence-electron chi connectivity index (χ4n) is 2.35. The van der Waals surface area contributed by atoms with Crippen molar-refractivity contribution in [3.8, 4) is 0 Å². The Labute approximate surface area is 120 Å².